The molecule has 1 unspecified atom stereocenters. The Labute approximate surface area is 109 Å². The van der Waals surface area contributed by atoms with Gasteiger partial charge in [-0.15, -0.1) is 11.3 Å². The standard InChI is InChI=1S/C10H14N2O4S2/c1-2-3-5-12-9(13)7-4-6-17-8(7)11-10(12)18(14,15)16/h4,6,10-11H,2-3,5H2,1H3,(H,14,15,16). The van der Waals surface area contributed by atoms with E-state index in [0.717, 1.165) is 11.3 Å². The number of unbranched alkanes of at least 4 members (excludes halogenated alkanes) is 1. The van der Waals surface area contributed by atoms with Crippen LogP contribution < -0.4 is 5.32 Å². The van der Waals surface area contributed by atoms with Crippen LogP contribution >= 0.6 is 11.3 Å². The molecule has 1 aliphatic heterocycles. The van der Waals surface area contributed by atoms with E-state index in [1.54, 1.807) is 11.4 Å². The van der Waals surface area contributed by atoms with E-state index in [-0.39, 0.29) is 5.91 Å². The van der Waals surface area contributed by atoms with Gasteiger partial charge in [-0.3, -0.25) is 9.35 Å². The molecule has 2 heterocycles. The summed E-state index contributed by atoms with van der Waals surface area (Å²) in [6.45, 7) is 2.24. The average molecular weight is 290 g/mol. The summed E-state index contributed by atoms with van der Waals surface area (Å²) in [5, 5.41) is 4.88. The molecule has 1 atom stereocenters. The summed E-state index contributed by atoms with van der Waals surface area (Å²) in [5.41, 5.74) is -0.932. The van der Waals surface area contributed by atoms with E-state index in [2.05, 4.69) is 5.32 Å². The van der Waals surface area contributed by atoms with Gasteiger partial charge in [0.1, 0.15) is 5.00 Å². The van der Waals surface area contributed by atoms with Crippen LogP contribution in [0.5, 0.6) is 0 Å². The fraction of sp³-hybridized carbons (Fsp3) is 0.500. The number of nitrogens with one attached hydrogen (secondary N) is 1. The number of rotatable bonds is 4. The first-order valence-electron chi connectivity index (χ1n) is 5.56. The van der Waals surface area contributed by atoms with E-state index >= 15 is 0 Å². The molecule has 100 valence electrons. The van der Waals surface area contributed by atoms with Gasteiger partial charge < -0.3 is 10.2 Å². The molecule has 0 saturated carbocycles. The number of amides is 1. The molecule has 0 aliphatic carbocycles. The topological polar surface area (TPSA) is 86.7 Å². The van der Waals surface area contributed by atoms with Crippen LogP contribution in [0.1, 0.15) is 30.1 Å². The Morgan fingerprint density at radius 2 is 2.28 bits per heavy atom. The number of anilines is 1. The average Bonchev–Trinajstić information content (AvgIpc) is 2.74. The van der Waals surface area contributed by atoms with Crippen molar-refractivity contribution in [2.45, 2.75) is 25.3 Å². The zero-order chi connectivity index (χ0) is 13.3. The number of hydrogen-bond donors (Lipinski definition) is 2. The molecule has 1 amide bonds. The summed E-state index contributed by atoms with van der Waals surface area (Å²) < 4.78 is 31.9. The minimum atomic E-state index is -4.36. The molecular weight excluding hydrogens is 276 g/mol. The van der Waals surface area contributed by atoms with Gasteiger partial charge in [0.05, 0.1) is 5.56 Å². The highest BCUT2D eigenvalue weighted by Gasteiger charge is 2.39. The minimum Gasteiger partial charge on any atom is -0.342 e. The lowest BCUT2D eigenvalue weighted by Crippen LogP contribution is -2.52. The number of hydrogen-bond acceptors (Lipinski definition) is 5. The molecule has 2 rings (SSSR count). The van der Waals surface area contributed by atoms with E-state index in [4.69, 9.17) is 0 Å². The van der Waals surface area contributed by atoms with Gasteiger partial charge in [0.25, 0.3) is 5.91 Å². The largest absolute Gasteiger partial charge is 0.342 e. The second-order valence-electron chi connectivity index (χ2n) is 4.03. The van der Waals surface area contributed by atoms with Gasteiger partial charge in [-0.05, 0) is 17.9 Å². The van der Waals surface area contributed by atoms with Gasteiger partial charge in [0, 0.05) is 6.54 Å². The van der Waals surface area contributed by atoms with Crippen LogP contribution in [0.15, 0.2) is 11.4 Å². The normalized spacial score (nSPS) is 19.6. The third-order valence-corrected chi connectivity index (χ3v) is 4.51. The van der Waals surface area contributed by atoms with Crippen molar-refractivity contribution in [2.75, 3.05) is 11.9 Å². The van der Waals surface area contributed by atoms with Gasteiger partial charge in [-0.2, -0.15) is 8.42 Å². The summed E-state index contributed by atoms with van der Waals surface area (Å²) in [6.07, 6.45) is 1.51. The van der Waals surface area contributed by atoms with Crippen molar-refractivity contribution in [3.63, 3.8) is 0 Å². The van der Waals surface area contributed by atoms with Crippen molar-refractivity contribution >= 4 is 32.4 Å². The van der Waals surface area contributed by atoms with Gasteiger partial charge >= 0.3 is 10.1 Å². The van der Waals surface area contributed by atoms with Crippen molar-refractivity contribution in [3.05, 3.63) is 17.0 Å². The minimum absolute atomic E-state index is 0.294. The maximum Gasteiger partial charge on any atom is 0.306 e. The lowest BCUT2D eigenvalue weighted by molar-refractivity contribution is 0.0727. The first-order valence-corrected chi connectivity index (χ1v) is 7.94. The predicted octanol–water partition coefficient (Wildman–Crippen LogP) is 1.59. The van der Waals surface area contributed by atoms with Crippen molar-refractivity contribution in [1.82, 2.24) is 4.90 Å². The first-order chi connectivity index (χ1) is 8.45. The Hall–Kier alpha value is -1.12. The maximum absolute atomic E-state index is 12.2. The van der Waals surface area contributed by atoms with E-state index in [1.165, 1.54) is 11.3 Å². The number of carbonyl (C=O) groups is 1. The highest BCUT2D eigenvalue weighted by molar-refractivity contribution is 7.86. The summed E-state index contributed by atoms with van der Waals surface area (Å²) in [7, 11) is -4.36. The molecule has 0 aromatic carbocycles. The monoisotopic (exact) mass is 290 g/mol. The zero-order valence-electron chi connectivity index (χ0n) is 9.79. The van der Waals surface area contributed by atoms with Gasteiger partial charge in [0.15, 0.2) is 0 Å². The second-order valence-corrected chi connectivity index (χ2v) is 6.42. The second kappa shape index (κ2) is 4.87. The highest BCUT2D eigenvalue weighted by Crippen LogP contribution is 2.31. The third-order valence-electron chi connectivity index (χ3n) is 2.73. The van der Waals surface area contributed by atoms with Crippen LogP contribution in [-0.2, 0) is 10.1 Å². The number of nitrogens with zero attached hydrogens (tertiary/aromatic N) is 1. The molecule has 0 fully saturated rings. The Kier molecular flexibility index (Phi) is 3.60. The molecule has 0 saturated heterocycles. The molecule has 1 aliphatic rings. The lowest BCUT2D eigenvalue weighted by Gasteiger charge is -2.34. The first kappa shape index (κ1) is 13.3. The Balaban J connectivity index is 2.37. The molecule has 18 heavy (non-hydrogen) atoms. The molecule has 0 spiro atoms. The smallest absolute Gasteiger partial charge is 0.306 e. The fourth-order valence-corrected chi connectivity index (χ4v) is 3.49. The fourth-order valence-electron chi connectivity index (χ4n) is 1.82. The van der Waals surface area contributed by atoms with Gasteiger partial charge in [-0.25, -0.2) is 0 Å². The molecule has 0 bridgehead atoms. The van der Waals surface area contributed by atoms with Crippen LogP contribution in [0.2, 0.25) is 0 Å². The van der Waals surface area contributed by atoms with Crippen LogP contribution in [0.25, 0.3) is 0 Å². The zero-order valence-corrected chi connectivity index (χ0v) is 11.4. The van der Waals surface area contributed by atoms with Crippen molar-refractivity contribution in [3.8, 4) is 0 Å². The summed E-state index contributed by atoms with van der Waals surface area (Å²) in [4.78, 5) is 13.3. The number of carbonyl (C=O) groups excluding carboxylic acids is 1. The summed E-state index contributed by atoms with van der Waals surface area (Å²) >= 11 is 1.24. The van der Waals surface area contributed by atoms with E-state index in [0.29, 0.717) is 23.5 Å². The molecule has 1 aromatic rings. The van der Waals surface area contributed by atoms with Crippen molar-refractivity contribution < 1.29 is 17.8 Å². The lowest BCUT2D eigenvalue weighted by atomic mass is 10.2. The molecule has 6 nitrogen and oxygen atoms in total. The Bertz CT molecular complexity index is 552. The van der Waals surface area contributed by atoms with Crippen LogP contribution in [-0.4, -0.2) is 35.8 Å². The molecule has 2 N–H and O–H groups in total. The van der Waals surface area contributed by atoms with Gasteiger partial charge in [-0.1, -0.05) is 13.3 Å². The Morgan fingerprint density at radius 3 is 2.89 bits per heavy atom. The van der Waals surface area contributed by atoms with Crippen molar-refractivity contribution in [2.24, 2.45) is 0 Å². The van der Waals surface area contributed by atoms with Crippen LogP contribution in [0.3, 0.4) is 0 Å². The van der Waals surface area contributed by atoms with Gasteiger partial charge in [0.2, 0.25) is 5.50 Å². The van der Waals surface area contributed by atoms with E-state index in [1.807, 2.05) is 6.92 Å². The summed E-state index contributed by atoms with van der Waals surface area (Å²) in [6, 6.07) is 1.65. The van der Waals surface area contributed by atoms with E-state index < -0.39 is 15.6 Å². The maximum atomic E-state index is 12.2. The highest BCUT2D eigenvalue weighted by atomic mass is 32.2. The summed E-state index contributed by atoms with van der Waals surface area (Å²) in [5.74, 6) is -0.360. The number of fused-ring (bicyclic) bond motifs is 1. The predicted molar refractivity (Wildman–Crippen MR) is 69.2 cm³/mol. The molecule has 8 heteroatoms. The third kappa shape index (κ3) is 2.36. The van der Waals surface area contributed by atoms with Crippen LogP contribution in [0.4, 0.5) is 5.00 Å². The van der Waals surface area contributed by atoms with Crippen molar-refractivity contribution in [1.29, 1.82) is 0 Å². The van der Waals surface area contributed by atoms with E-state index in [9.17, 15) is 17.8 Å². The SMILES string of the molecule is CCCCN1C(=O)c2ccsc2NC1S(=O)(=O)O. The van der Waals surface area contributed by atoms with Crippen LogP contribution in [0, 0.1) is 0 Å². The molecular formula is C10H14N2O4S2. The molecule has 1 aromatic heterocycles. The molecule has 0 radical (unpaired) electrons. The number of thiophene rings is 1. The Morgan fingerprint density at radius 1 is 1.56 bits per heavy atom. The quantitative estimate of drug-likeness (QED) is 0.822.